The summed E-state index contributed by atoms with van der Waals surface area (Å²) < 4.78 is 23.8. The Kier molecular flexibility index (Phi) is 2.72. The van der Waals surface area contributed by atoms with Crippen molar-refractivity contribution in [1.82, 2.24) is 9.55 Å². The molecule has 7 nitrogen and oxygen atoms in total. The second kappa shape index (κ2) is 4.06. The lowest BCUT2D eigenvalue weighted by molar-refractivity contribution is -0.0471. The maximum atomic E-state index is 13.3. The SMILES string of the molecule is COC1=C(F)C(O)[C@H](n2ccc(N)nc2=O)O1. The van der Waals surface area contributed by atoms with Gasteiger partial charge in [0.25, 0.3) is 0 Å². The van der Waals surface area contributed by atoms with Gasteiger partial charge in [0.1, 0.15) is 5.82 Å². The first kappa shape index (κ1) is 11.4. The molecule has 0 spiro atoms. The van der Waals surface area contributed by atoms with Gasteiger partial charge in [-0.1, -0.05) is 0 Å². The Morgan fingerprint density at radius 1 is 1.71 bits per heavy atom. The van der Waals surface area contributed by atoms with Gasteiger partial charge in [0.05, 0.1) is 7.11 Å². The van der Waals surface area contributed by atoms with Crippen molar-refractivity contribution in [3.63, 3.8) is 0 Å². The molecule has 2 atom stereocenters. The van der Waals surface area contributed by atoms with Crippen LogP contribution in [0.4, 0.5) is 10.2 Å². The summed E-state index contributed by atoms with van der Waals surface area (Å²) in [6.45, 7) is 0. The van der Waals surface area contributed by atoms with E-state index in [1.54, 1.807) is 0 Å². The van der Waals surface area contributed by atoms with Crippen molar-refractivity contribution in [3.8, 4) is 0 Å². The number of hydrogen-bond donors (Lipinski definition) is 2. The molecule has 1 aromatic rings. The monoisotopic (exact) mass is 243 g/mol. The predicted molar refractivity (Wildman–Crippen MR) is 54.2 cm³/mol. The van der Waals surface area contributed by atoms with Crippen LogP contribution in [0.3, 0.4) is 0 Å². The van der Waals surface area contributed by atoms with Crippen molar-refractivity contribution >= 4 is 5.82 Å². The lowest BCUT2D eigenvalue weighted by atomic mass is 10.3. The molecule has 2 rings (SSSR count). The van der Waals surface area contributed by atoms with Crippen molar-refractivity contribution in [3.05, 3.63) is 34.5 Å². The Morgan fingerprint density at radius 2 is 2.41 bits per heavy atom. The van der Waals surface area contributed by atoms with E-state index in [0.29, 0.717) is 0 Å². The molecule has 0 amide bonds. The van der Waals surface area contributed by atoms with Gasteiger partial charge in [0.15, 0.2) is 6.10 Å². The molecule has 2 heterocycles. The Balaban J connectivity index is 2.35. The average molecular weight is 243 g/mol. The fourth-order valence-electron chi connectivity index (χ4n) is 1.45. The zero-order valence-electron chi connectivity index (χ0n) is 8.83. The number of halogens is 1. The van der Waals surface area contributed by atoms with Gasteiger partial charge in [-0.2, -0.15) is 4.98 Å². The summed E-state index contributed by atoms with van der Waals surface area (Å²) in [5, 5.41) is 9.55. The lowest BCUT2D eigenvalue weighted by Gasteiger charge is -2.16. The quantitative estimate of drug-likeness (QED) is 0.726. The zero-order chi connectivity index (χ0) is 12.6. The van der Waals surface area contributed by atoms with Crippen LogP contribution < -0.4 is 11.4 Å². The number of anilines is 1. The molecule has 0 saturated carbocycles. The van der Waals surface area contributed by atoms with Gasteiger partial charge in [0.2, 0.25) is 12.1 Å². The van der Waals surface area contributed by atoms with Crippen molar-refractivity contribution in [2.75, 3.05) is 12.8 Å². The van der Waals surface area contributed by atoms with Crippen LogP contribution in [0.5, 0.6) is 0 Å². The van der Waals surface area contributed by atoms with Crippen LogP contribution in [0.25, 0.3) is 0 Å². The molecule has 1 aliphatic rings. The van der Waals surface area contributed by atoms with Crippen LogP contribution in [-0.2, 0) is 9.47 Å². The van der Waals surface area contributed by atoms with Gasteiger partial charge < -0.3 is 20.3 Å². The number of methoxy groups -OCH3 is 1. The second-order valence-electron chi connectivity index (χ2n) is 3.34. The van der Waals surface area contributed by atoms with Crippen LogP contribution in [0.2, 0.25) is 0 Å². The summed E-state index contributed by atoms with van der Waals surface area (Å²) in [7, 11) is 1.19. The predicted octanol–water partition coefficient (Wildman–Crippen LogP) is -0.500. The van der Waals surface area contributed by atoms with Gasteiger partial charge in [-0.3, -0.25) is 4.57 Å². The van der Waals surface area contributed by atoms with Crippen LogP contribution in [0.1, 0.15) is 6.23 Å². The number of aromatic nitrogens is 2. The van der Waals surface area contributed by atoms with Crippen molar-refractivity contribution in [2.24, 2.45) is 0 Å². The zero-order valence-corrected chi connectivity index (χ0v) is 8.83. The third-order valence-electron chi connectivity index (χ3n) is 2.26. The van der Waals surface area contributed by atoms with E-state index in [4.69, 9.17) is 10.5 Å². The van der Waals surface area contributed by atoms with E-state index >= 15 is 0 Å². The molecular formula is C9H10FN3O4. The third kappa shape index (κ3) is 1.82. The number of aliphatic hydroxyl groups excluding tert-OH is 1. The third-order valence-corrected chi connectivity index (χ3v) is 2.26. The highest BCUT2D eigenvalue weighted by molar-refractivity contribution is 5.24. The highest BCUT2D eigenvalue weighted by Gasteiger charge is 2.39. The van der Waals surface area contributed by atoms with Crippen LogP contribution >= 0.6 is 0 Å². The van der Waals surface area contributed by atoms with Gasteiger partial charge in [-0.15, -0.1) is 0 Å². The van der Waals surface area contributed by atoms with E-state index in [0.717, 1.165) is 4.57 Å². The van der Waals surface area contributed by atoms with Crippen LogP contribution in [0.15, 0.2) is 28.8 Å². The molecule has 0 aliphatic carbocycles. The molecule has 1 unspecified atom stereocenters. The summed E-state index contributed by atoms with van der Waals surface area (Å²) in [5.74, 6) is -1.40. The van der Waals surface area contributed by atoms with Crippen molar-refractivity contribution in [1.29, 1.82) is 0 Å². The highest BCUT2D eigenvalue weighted by Crippen LogP contribution is 2.32. The molecule has 0 saturated heterocycles. The summed E-state index contributed by atoms with van der Waals surface area (Å²) in [6.07, 6.45) is -1.61. The maximum absolute atomic E-state index is 13.3. The minimum absolute atomic E-state index is 0.0270. The number of nitrogen functional groups attached to an aromatic ring is 1. The molecule has 0 aromatic carbocycles. The fraction of sp³-hybridized carbons (Fsp3) is 0.333. The Labute approximate surface area is 94.9 Å². The number of rotatable bonds is 2. The molecule has 1 aromatic heterocycles. The molecule has 1 aliphatic heterocycles. The first-order valence-electron chi connectivity index (χ1n) is 4.67. The van der Waals surface area contributed by atoms with E-state index in [1.165, 1.54) is 19.4 Å². The van der Waals surface area contributed by atoms with E-state index in [-0.39, 0.29) is 5.82 Å². The fourth-order valence-corrected chi connectivity index (χ4v) is 1.45. The molecule has 0 radical (unpaired) electrons. The molecule has 0 bridgehead atoms. The van der Waals surface area contributed by atoms with E-state index in [1.807, 2.05) is 0 Å². The van der Waals surface area contributed by atoms with Crippen molar-refractivity contribution < 1.29 is 19.0 Å². The molecule has 8 heteroatoms. The standard InChI is InChI=1S/C9H10FN3O4/c1-16-8-5(10)6(14)7(17-8)13-3-2-4(11)12-9(13)15/h2-3,6-7,14H,1H3,(H2,11,12,15)/t6?,7-/m1/s1. The summed E-state index contributed by atoms with van der Waals surface area (Å²) in [4.78, 5) is 14.9. The first-order chi connectivity index (χ1) is 8.04. The summed E-state index contributed by atoms with van der Waals surface area (Å²) in [6, 6.07) is 1.33. The van der Waals surface area contributed by atoms with Crippen LogP contribution in [0, 0.1) is 0 Å². The average Bonchev–Trinajstić information content (AvgIpc) is 2.57. The minimum atomic E-state index is -1.62. The summed E-state index contributed by atoms with van der Waals surface area (Å²) >= 11 is 0. The molecule has 3 N–H and O–H groups in total. The van der Waals surface area contributed by atoms with Gasteiger partial charge in [0, 0.05) is 6.20 Å². The van der Waals surface area contributed by atoms with E-state index in [9.17, 15) is 14.3 Å². The Hall–Kier alpha value is -2.09. The largest absolute Gasteiger partial charge is 0.467 e. The Bertz CT molecular complexity index is 527. The molecular weight excluding hydrogens is 233 g/mol. The normalized spacial score (nSPS) is 23.7. The van der Waals surface area contributed by atoms with Gasteiger partial charge >= 0.3 is 11.6 Å². The number of nitrogens with zero attached hydrogens (tertiary/aromatic N) is 2. The molecule has 0 fully saturated rings. The van der Waals surface area contributed by atoms with Gasteiger partial charge in [-0.05, 0) is 6.07 Å². The molecule has 17 heavy (non-hydrogen) atoms. The molecule has 92 valence electrons. The van der Waals surface area contributed by atoms with Gasteiger partial charge in [-0.25, -0.2) is 9.18 Å². The Morgan fingerprint density at radius 3 is 2.94 bits per heavy atom. The number of nitrogens with two attached hydrogens (primary N) is 1. The first-order valence-corrected chi connectivity index (χ1v) is 4.67. The maximum Gasteiger partial charge on any atom is 0.352 e. The number of aliphatic hydroxyl groups is 1. The minimum Gasteiger partial charge on any atom is -0.467 e. The lowest BCUT2D eigenvalue weighted by Crippen LogP contribution is -2.32. The smallest absolute Gasteiger partial charge is 0.352 e. The highest BCUT2D eigenvalue weighted by atomic mass is 19.1. The van der Waals surface area contributed by atoms with Crippen molar-refractivity contribution in [2.45, 2.75) is 12.3 Å². The number of hydrogen-bond acceptors (Lipinski definition) is 6. The van der Waals surface area contributed by atoms with Crippen LogP contribution in [-0.4, -0.2) is 27.9 Å². The van der Waals surface area contributed by atoms with E-state index < -0.39 is 29.8 Å². The number of ether oxygens (including phenoxy) is 2. The van der Waals surface area contributed by atoms with E-state index in [2.05, 4.69) is 9.72 Å². The summed E-state index contributed by atoms with van der Waals surface area (Å²) in [5.41, 5.74) is 4.55. The second-order valence-corrected chi connectivity index (χ2v) is 3.34. The topological polar surface area (TPSA) is 99.6 Å².